The van der Waals surface area contributed by atoms with E-state index in [2.05, 4.69) is 121 Å². The second-order valence-corrected chi connectivity index (χ2v) is 24.9. The minimum atomic E-state index is -3.51. The van der Waals surface area contributed by atoms with Crippen molar-refractivity contribution in [2.45, 2.75) is 0 Å². The molecule has 0 N–H and O–H groups in total. The number of rotatable bonds is 6. The van der Waals surface area contributed by atoms with Crippen molar-refractivity contribution in [2.75, 3.05) is 0 Å². The first kappa shape index (κ1) is 18.8. The Morgan fingerprint density at radius 2 is 0.778 bits per heavy atom. The average molecular weight is 564 g/mol. The van der Waals surface area contributed by atoms with Gasteiger partial charge in [0.05, 0.1) is 0 Å². The van der Waals surface area contributed by atoms with E-state index >= 15 is 0 Å². The SMILES string of the molecule is c1cc[c]([SnH2][O][Sn]([c]2ccccc2)([c]2ccccc2)[c]2ccccc2)cc1. The van der Waals surface area contributed by atoms with Gasteiger partial charge in [-0.05, 0) is 0 Å². The molecule has 0 atom stereocenters. The van der Waals surface area contributed by atoms with Crippen LogP contribution in [-0.2, 0) is 1.41 Å². The summed E-state index contributed by atoms with van der Waals surface area (Å²) in [5, 5.41) is 0. The molecule has 0 aliphatic rings. The van der Waals surface area contributed by atoms with E-state index in [0.29, 0.717) is 0 Å². The molecule has 0 aliphatic heterocycles. The summed E-state index contributed by atoms with van der Waals surface area (Å²) in [5.41, 5.74) is 0. The molecule has 0 heterocycles. The molecule has 132 valence electrons. The molecule has 0 aliphatic carbocycles. The van der Waals surface area contributed by atoms with E-state index in [0.717, 1.165) is 0 Å². The van der Waals surface area contributed by atoms with Crippen LogP contribution in [0.5, 0.6) is 0 Å². The predicted octanol–water partition coefficient (Wildman–Crippen LogP) is 2.08. The van der Waals surface area contributed by atoms with Crippen LogP contribution in [0.25, 0.3) is 0 Å². The van der Waals surface area contributed by atoms with Gasteiger partial charge in [-0.25, -0.2) is 0 Å². The molecule has 0 amide bonds. The van der Waals surface area contributed by atoms with Gasteiger partial charge in [-0.2, -0.15) is 0 Å². The molecular weight excluding hydrogens is 542 g/mol. The predicted molar refractivity (Wildman–Crippen MR) is 120 cm³/mol. The van der Waals surface area contributed by atoms with Gasteiger partial charge in [0.15, 0.2) is 0 Å². The Balaban J connectivity index is 1.89. The van der Waals surface area contributed by atoms with Crippen molar-refractivity contribution in [2.24, 2.45) is 0 Å². The minimum absolute atomic E-state index is 1.39. The van der Waals surface area contributed by atoms with Crippen molar-refractivity contribution in [3.63, 3.8) is 0 Å². The molecule has 0 spiro atoms. The Morgan fingerprint density at radius 3 is 1.15 bits per heavy atom. The van der Waals surface area contributed by atoms with Crippen molar-refractivity contribution in [3.05, 3.63) is 121 Å². The summed E-state index contributed by atoms with van der Waals surface area (Å²) >= 11 is -5.11. The van der Waals surface area contributed by atoms with Crippen LogP contribution in [0.4, 0.5) is 0 Å². The third-order valence-electron chi connectivity index (χ3n) is 4.84. The van der Waals surface area contributed by atoms with Gasteiger partial charge < -0.3 is 0 Å². The summed E-state index contributed by atoms with van der Waals surface area (Å²) in [4.78, 5) is 0. The first-order valence-electron chi connectivity index (χ1n) is 9.24. The van der Waals surface area contributed by atoms with Crippen LogP contribution >= 0.6 is 0 Å². The van der Waals surface area contributed by atoms with Gasteiger partial charge in [0.2, 0.25) is 0 Å². The van der Waals surface area contributed by atoms with Gasteiger partial charge in [-0.3, -0.25) is 0 Å². The van der Waals surface area contributed by atoms with E-state index < -0.39 is 40.3 Å². The Labute approximate surface area is 176 Å². The quantitative estimate of drug-likeness (QED) is 0.327. The summed E-state index contributed by atoms with van der Waals surface area (Å²) in [5.74, 6) is 0. The van der Waals surface area contributed by atoms with Gasteiger partial charge in [0, 0.05) is 0 Å². The van der Waals surface area contributed by atoms with E-state index in [9.17, 15) is 0 Å². The van der Waals surface area contributed by atoms with Gasteiger partial charge >= 0.3 is 177 Å². The number of benzene rings is 4. The molecule has 4 rings (SSSR count). The van der Waals surface area contributed by atoms with E-state index in [-0.39, 0.29) is 0 Å². The van der Waals surface area contributed by atoms with Crippen LogP contribution in [0, 0.1) is 0 Å². The van der Waals surface area contributed by atoms with E-state index in [1.807, 2.05) is 0 Å². The van der Waals surface area contributed by atoms with Crippen molar-refractivity contribution in [1.82, 2.24) is 0 Å². The second-order valence-electron chi connectivity index (χ2n) is 6.55. The first-order valence-corrected chi connectivity index (χ1v) is 18.4. The van der Waals surface area contributed by atoms with Crippen molar-refractivity contribution < 1.29 is 1.41 Å². The second kappa shape index (κ2) is 9.09. The summed E-state index contributed by atoms with van der Waals surface area (Å²) in [6.45, 7) is 0. The zero-order chi connectivity index (χ0) is 18.4. The zero-order valence-corrected chi connectivity index (χ0v) is 22.1. The van der Waals surface area contributed by atoms with Crippen LogP contribution in [-0.4, -0.2) is 40.3 Å². The summed E-state index contributed by atoms with van der Waals surface area (Å²) < 4.78 is 12.8. The van der Waals surface area contributed by atoms with Gasteiger partial charge in [-0.15, -0.1) is 0 Å². The summed E-state index contributed by atoms with van der Waals surface area (Å²) in [6.07, 6.45) is 0. The maximum absolute atomic E-state index is 7.19. The van der Waals surface area contributed by atoms with Crippen molar-refractivity contribution >= 4 is 54.7 Å². The van der Waals surface area contributed by atoms with E-state index in [1.165, 1.54) is 14.3 Å². The monoisotopic (exact) mass is 566 g/mol. The molecule has 3 heteroatoms. The molecule has 0 bridgehead atoms. The Kier molecular flexibility index (Phi) is 6.32. The molecule has 0 saturated heterocycles. The molecule has 0 saturated carbocycles. The van der Waals surface area contributed by atoms with Crippen LogP contribution in [0.1, 0.15) is 0 Å². The molecule has 0 aromatic heterocycles. The standard InChI is InChI=1S/4C6H5.O.2Sn.2H/c4*1-2-4-6-5-3-1;;;;;/h4*1-5H;;;;;. The fraction of sp³-hybridized carbons (Fsp3) is 0. The third-order valence-corrected chi connectivity index (χ3v) is 29.7. The Morgan fingerprint density at radius 1 is 0.444 bits per heavy atom. The van der Waals surface area contributed by atoms with Crippen LogP contribution < -0.4 is 14.3 Å². The zero-order valence-electron chi connectivity index (χ0n) is 15.2. The van der Waals surface area contributed by atoms with Crippen LogP contribution in [0.15, 0.2) is 121 Å². The average Bonchev–Trinajstić information content (AvgIpc) is 2.77. The Bertz CT molecular complexity index is 861. The van der Waals surface area contributed by atoms with E-state index in [4.69, 9.17) is 1.41 Å². The molecule has 0 fully saturated rings. The topological polar surface area (TPSA) is 9.23 Å². The fourth-order valence-electron chi connectivity index (χ4n) is 3.53. The van der Waals surface area contributed by atoms with E-state index in [1.54, 1.807) is 0 Å². The van der Waals surface area contributed by atoms with Crippen LogP contribution in [0.3, 0.4) is 0 Å². The molecule has 27 heavy (non-hydrogen) atoms. The first-order chi connectivity index (χ1) is 13.4. The molecule has 1 nitrogen and oxygen atoms in total. The van der Waals surface area contributed by atoms with Gasteiger partial charge in [0.1, 0.15) is 0 Å². The number of hydrogen-bond acceptors (Lipinski definition) is 1. The van der Waals surface area contributed by atoms with Gasteiger partial charge in [-0.1, -0.05) is 0 Å². The molecule has 4 aromatic carbocycles. The van der Waals surface area contributed by atoms with Crippen LogP contribution in [0.2, 0.25) is 0 Å². The summed E-state index contributed by atoms with van der Waals surface area (Å²) in [7, 11) is 0. The molecule has 0 unspecified atom stereocenters. The maximum atomic E-state index is 7.19. The number of hydrogen-bond donors (Lipinski definition) is 0. The molecular formula is C24H22OSn2. The molecule has 0 radical (unpaired) electrons. The fourth-order valence-corrected chi connectivity index (χ4v) is 32.8. The van der Waals surface area contributed by atoms with Crippen molar-refractivity contribution in [1.29, 1.82) is 0 Å². The van der Waals surface area contributed by atoms with Crippen molar-refractivity contribution in [3.8, 4) is 0 Å². The molecule has 4 aromatic rings. The normalized spacial score (nSPS) is 11.7. The van der Waals surface area contributed by atoms with Gasteiger partial charge in [0.25, 0.3) is 0 Å². The third kappa shape index (κ3) is 4.15. The summed E-state index contributed by atoms with van der Waals surface area (Å²) in [6, 6.07) is 43.6. The Hall–Kier alpha value is -1.56.